The molecule has 0 fully saturated rings. The number of allylic oxidation sites excluding steroid dienone is 1. The Bertz CT molecular complexity index is 1420. The lowest BCUT2D eigenvalue weighted by molar-refractivity contribution is -0.139. The van der Waals surface area contributed by atoms with Gasteiger partial charge in [-0.2, -0.15) is 0 Å². The summed E-state index contributed by atoms with van der Waals surface area (Å²) in [5.74, 6) is -0.360. The molecule has 3 aromatic rings. The Hall–Kier alpha value is -1.99. The molecule has 0 amide bonds. The Kier molecular flexibility index (Phi) is 6.86. The zero-order valence-electron chi connectivity index (χ0n) is 17.1. The van der Waals surface area contributed by atoms with Gasteiger partial charge in [-0.1, -0.05) is 41.7 Å². The predicted octanol–water partition coefficient (Wildman–Crippen LogP) is 3.71. The first-order valence-electron chi connectivity index (χ1n) is 9.74. The van der Waals surface area contributed by atoms with Crippen molar-refractivity contribution in [3.8, 4) is 5.75 Å². The Morgan fingerprint density at radius 2 is 2.00 bits per heavy atom. The number of hydrogen-bond donors (Lipinski definition) is 1. The topological polar surface area (TPSA) is 80.9 Å². The van der Waals surface area contributed by atoms with Gasteiger partial charge in [-0.05, 0) is 82.8 Å². The molecule has 9 heteroatoms. The zero-order chi connectivity index (χ0) is 23.0. The predicted molar refractivity (Wildman–Crippen MR) is 140 cm³/mol. The summed E-state index contributed by atoms with van der Waals surface area (Å²) in [6, 6.07) is 12.4. The third-order valence-corrected chi connectivity index (χ3v) is 7.40. The van der Waals surface area contributed by atoms with Crippen molar-refractivity contribution in [3.63, 3.8) is 0 Å². The monoisotopic (exact) mass is 672 g/mol. The molecule has 6 nitrogen and oxygen atoms in total. The number of esters is 1. The summed E-state index contributed by atoms with van der Waals surface area (Å²) in [5.41, 5.74) is 1.96. The van der Waals surface area contributed by atoms with Gasteiger partial charge in [0.15, 0.2) is 4.80 Å². The summed E-state index contributed by atoms with van der Waals surface area (Å²) in [5, 5.41) is 10.5. The fourth-order valence-electron chi connectivity index (χ4n) is 3.58. The van der Waals surface area contributed by atoms with Crippen LogP contribution in [0.2, 0.25) is 0 Å². The molecule has 1 N–H and O–H groups in total. The number of phenolic OH excluding ortho intramolecular Hbond substituents is 1. The van der Waals surface area contributed by atoms with E-state index in [1.165, 1.54) is 11.3 Å². The van der Waals surface area contributed by atoms with Gasteiger partial charge in [-0.3, -0.25) is 9.36 Å². The highest BCUT2D eigenvalue weighted by Gasteiger charge is 2.33. The average Bonchev–Trinajstić information content (AvgIpc) is 3.06. The maximum atomic E-state index is 13.5. The summed E-state index contributed by atoms with van der Waals surface area (Å²) < 4.78 is 8.92. The second kappa shape index (κ2) is 9.48. The van der Waals surface area contributed by atoms with E-state index in [1.807, 2.05) is 42.5 Å². The number of fused-ring (bicyclic) bond motifs is 1. The maximum Gasteiger partial charge on any atom is 0.338 e. The van der Waals surface area contributed by atoms with E-state index in [0.717, 1.165) is 9.13 Å². The van der Waals surface area contributed by atoms with Crippen molar-refractivity contribution in [3.05, 3.63) is 91.7 Å². The number of ether oxygens (including phenoxy) is 1. The molecule has 0 saturated heterocycles. The molecule has 1 aliphatic heterocycles. The third-order valence-electron chi connectivity index (χ3n) is 4.98. The minimum absolute atomic E-state index is 0.125. The van der Waals surface area contributed by atoms with E-state index in [-0.39, 0.29) is 17.9 Å². The molecule has 0 aliphatic carbocycles. The van der Waals surface area contributed by atoms with Crippen molar-refractivity contribution in [2.45, 2.75) is 19.9 Å². The Morgan fingerprint density at radius 1 is 1.28 bits per heavy atom. The second-order valence-corrected chi connectivity index (χ2v) is 10.5. The molecular weight excluding hydrogens is 654 g/mol. The van der Waals surface area contributed by atoms with Crippen LogP contribution in [0.25, 0.3) is 6.08 Å². The fourth-order valence-corrected chi connectivity index (χ4v) is 6.51. The number of nitrogens with zero attached hydrogens (tertiary/aromatic N) is 2. The minimum atomic E-state index is -0.640. The molecule has 1 aromatic heterocycles. The van der Waals surface area contributed by atoms with Crippen molar-refractivity contribution in [1.82, 2.24) is 4.57 Å². The van der Waals surface area contributed by atoms with Crippen molar-refractivity contribution in [2.24, 2.45) is 4.99 Å². The molecule has 2 heterocycles. The minimum Gasteiger partial charge on any atom is -0.506 e. The van der Waals surface area contributed by atoms with Crippen LogP contribution in [0.1, 0.15) is 31.0 Å². The maximum absolute atomic E-state index is 13.5. The molecular formula is C23H18I2N2O4S. The molecule has 0 unspecified atom stereocenters. The lowest BCUT2D eigenvalue weighted by Crippen LogP contribution is -2.39. The van der Waals surface area contributed by atoms with Gasteiger partial charge in [0.1, 0.15) is 5.75 Å². The molecule has 2 aromatic carbocycles. The number of benzene rings is 2. The average molecular weight is 672 g/mol. The van der Waals surface area contributed by atoms with E-state index in [1.54, 1.807) is 24.5 Å². The quantitative estimate of drug-likeness (QED) is 0.339. The van der Waals surface area contributed by atoms with Crippen LogP contribution in [0, 0.1) is 7.14 Å². The standard InChI is InChI=1S/C23H18I2N2O4S/c1-3-31-22(30)18-12(2)26-23-27(19(18)13-7-5-4-6-8-13)21(29)17(32-23)10-14-9-15(24)11-16(25)20(14)28/h4-11,19,28H,3H2,1-2H3/t19-/m1/s1. The lowest BCUT2D eigenvalue weighted by atomic mass is 9.96. The number of hydrogen-bond acceptors (Lipinski definition) is 6. The molecule has 32 heavy (non-hydrogen) atoms. The summed E-state index contributed by atoms with van der Waals surface area (Å²) in [6.07, 6.45) is 1.68. The fraction of sp³-hybridized carbons (Fsp3) is 0.174. The van der Waals surface area contributed by atoms with Crippen LogP contribution in [-0.2, 0) is 9.53 Å². The van der Waals surface area contributed by atoms with E-state index >= 15 is 0 Å². The van der Waals surface area contributed by atoms with Crippen molar-refractivity contribution in [1.29, 1.82) is 0 Å². The van der Waals surface area contributed by atoms with Gasteiger partial charge in [-0.25, -0.2) is 9.79 Å². The molecule has 1 aliphatic rings. The highest BCUT2D eigenvalue weighted by Crippen LogP contribution is 2.31. The summed E-state index contributed by atoms with van der Waals surface area (Å²) in [7, 11) is 0. The van der Waals surface area contributed by atoms with E-state index in [9.17, 15) is 14.7 Å². The SMILES string of the molecule is CCOC(=O)C1=C(C)N=c2sc(=Cc3cc(I)cc(I)c3O)c(=O)n2[C@@H]1c1ccccc1. The van der Waals surface area contributed by atoms with Crippen LogP contribution in [0.15, 0.2) is 63.5 Å². The Labute approximate surface area is 215 Å². The van der Waals surface area contributed by atoms with Crippen LogP contribution in [0.5, 0.6) is 5.75 Å². The molecule has 4 rings (SSSR count). The van der Waals surface area contributed by atoms with Gasteiger partial charge >= 0.3 is 5.97 Å². The Balaban J connectivity index is 1.98. The first kappa shape index (κ1) is 23.2. The van der Waals surface area contributed by atoms with Gasteiger partial charge in [0, 0.05) is 9.13 Å². The summed E-state index contributed by atoms with van der Waals surface area (Å²) in [6.45, 7) is 3.73. The van der Waals surface area contributed by atoms with E-state index in [0.29, 0.717) is 29.7 Å². The van der Waals surface area contributed by atoms with Crippen molar-refractivity contribution >= 4 is 68.6 Å². The number of thiazole rings is 1. The Morgan fingerprint density at radius 3 is 2.69 bits per heavy atom. The van der Waals surface area contributed by atoms with Crippen LogP contribution in [-0.4, -0.2) is 22.2 Å². The number of halogens is 2. The molecule has 0 saturated carbocycles. The van der Waals surface area contributed by atoms with Crippen molar-refractivity contribution < 1.29 is 14.6 Å². The third kappa shape index (κ3) is 4.29. The molecule has 1 atom stereocenters. The van der Waals surface area contributed by atoms with Gasteiger partial charge in [-0.15, -0.1) is 0 Å². The number of carbonyl (C=O) groups is 1. The summed E-state index contributed by atoms with van der Waals surface area (Å²) in [4.78, 5) is 31.4. The van der Waals surface area contributed by atoms with Crippen LogP contribution in [0.4, 0.5) is 0 Å². The van der Waals surface area contributed by atoms with Gasteiger partial charge < -0.3 is 9.84 Å². The molecule has 0 bridgehead atoms. The largest absolute Gasteiger partial charge is 0.506 e. The summed E-state index contributed by atoms with van der Waals surface area (Å²) >= 11 is 5.47. The first-order chi connectivity index (χ1) is 15.3. The van der Waals surface area contributed by atoms with E-state index < -0.39 is 12.0 Å². The van der Waals surface area contributed by atoms with Crippen LogP contribution >= 0.6 is 56.5 Å². The second-order valence-electron chi connectivity index (χ2n) is 7.04. The number of carbonyl (C=O) groups excluding carboxylic acids is 1. The highest BCUT2D eigenvalue weighted by molar-refractivity contribution is 14.1. The van der Waals surface area contributed by atoms with E-state index in [2.05, 4.69) is 50.2 Å². The number of aromatic hydroxyl groups is 1. The lowest BCUT2D eigenvalue weighted by Gasteiger charge is -2.24. The van der Waals surface area contributed by atoms with Gasteiger partial charge in [0.05, 0.1) is 32.0 Å². The number of aromatic nitrogens is 1. The molecule has 0 spiro atoms. The van der Waals surface area contributed by atoms with Crippen molar-refractivity contribution in [2.75, 3.05) is 6.61 Å². The zero-order valence-corrected chi connectivity index (χ0v) is 22.3. The molecule has 164 valence electrons. The van der Waals surface area contributed by atoms with Crippen LogP contribution in [0.3, 0.4) is 0 Å². The number of phenols is 1. The normalized spacial score (nSPS) is 16.0. The molecule has 0 radical (unpaired) electrons. The smallest absolute Gasteiger partial charge is 0.338 e. The first-order valence-corrected chi connectivity index (χ1v) is 12.7. The number of rotatable bonds is 4. The highest BCUT2D eigenvalue weighted by atomic mass is 127. The van der Waals surface area contributed by atoms with Gasteiger partial charge in [0.25, 0.3) is 5.56 Å². The van der Waals surface area contributed by atoms with Gasteiger partial charge in [0.2, 0.25) is 0 Å². The van der Waals surface area contributed by atoms with Crippen LogP contribution < -0.4 is 14.9 Å². The van der Waals surface area contributed by atoms with E-state index in [4.69, 9.17) is 4.74 Å².